The highest BCUT2D eigenvalue weighted by Gasteiger charge is 2.39. The number of hydrogen-bond donors (Lipinski definition) is 1. The van der Waals surface area contributed by atoms with Gasteiger partial charge < -0.3 is 14.7 Å². The topological polar surface area (TPSA) is 70.1 Å². The molecule has 1 aliphatic rings. The molecule has 6 heteroatoms. The van der Waals surface area contributed by atoms with Crippen LogP contribution in [0.3, 0.4) is 0 Å². The molecule has 6 nitrogen and oxygen atoms in total. The van der Waals surface area contributed by atoms with E-state index >= 15 is 0 Å². The molecular formula is C20H30N2O4. The minimum absolute atomic E-state index is 0.0616. The average Bonchev–Trinajstić information content (AvgIpc) is 2.52. The molecule has 0 bridgehead atoms. The fourth-order valence-corrected chi connectivity index (χ4v) is 3.15. The molecular weight excluding hydrogens is 332 g/mol. The van der Waals surface area contributed by atoms with E-state index in [0.29, 0.717) is 13.1 Å². The number of carbonyl (C=O) groups excluding carboxylic acids is 2. The Hall–Kier alpha value is -2.24. The molecule has 1 aromatic rings. The molecule has 0 unspecified atom stereocenters. The van der Waals surface area contributed by atoms with Gasteiger partial charge in [-0.3, -0.25) is 9.69 Å². The molecule has 2 atom stereocenters. The van der Waals surface area contributed by atoms with Crippen LogP contribution >= 0.6 is 0 Å². The van der Waals surface area contributed by atoms with Crippen LogP contribution in [0.5, 0.6) is 5.75 Å². The van der Waals surface area contributed by atoms with Crippen molar-refractivity contribution >= 4 is 12.0 Å². The van der Waals surface area contributed by atoms with E-state index in [2.05, 4.69) is 0 Å². The van der Waals surface area contributed by atoms with E-state index < -0.39 is 11.7 Å². The molecule has 26 heavy (non-hydrogen) atoms. The van der Waals surface area contributed by atoms with Gasteiger partial charge in [-0.1, -0.05) is 26.0 Å². The van der Waals surface area contributed by atoms with Crippen molar-refractivity contribution in [3.8, 4) is 5.75 Å². The molecule has 0 aromatic heterocycles. The first kappa shape index (κ1) is 20.1. The molecule has 2 amide bonds. The summed E-state index contributed by atoms with van der Waals surface area (Å²) in [4.78, 5) is 28.9. The zero-order valence-corrected chi connectivity index (χ0v) is 16.5. The first-order chi connectivity index (χ1) is 12.0. The molecule has 2 rings (SSSR count). The van der Waals surface area contributed by atoms with E-state index in [1.807, 2.05) is 52.5 Å². The van der Waals surface area contributed by atoms with Crippen molar-refractivity contribution < 1.29 is 19.4 Å². The maximum Gasteiger partial charge on any atom is 0.410 e. The molecule has 0 saturated carbocycles. The van der Waals surface area contributed by atoms with Crippen molar-refractivity contribution in [1.29, 1.82) is 0 Å². The SMILES string of the molecule is CC(C)C(=O)N1C[C@H](c2cccc(O)c2)N(C(=O)OC(C)(C)C)C[C@H]1C. The number of phenols is 1. The Morgan fingerprint density at radius 1 is 1.19 bits per heavy atom. The number of ether oxygens (including phenoxy) is 1. The van der Waals surface area contributed by atoms with Gasteiger partial charge in [-0.2, -0.15) is 0 Å². The maximum atomic E-state index is 12.8. The highest BCUT2D eigenvalue weighted by molar-refractivity contribution is 5.79. The van der Waals surface area contributed by atoms with Crippen molar-refractivity contribution in [2.45, 2.75) is 59.2 Å². The standard InChI is InChI=1S/C20H30N2O4/c1-13(2)18(24)21-12-17(15-8-7-9-16(23)10-15)22(11-14(21)3)19(25)26-20(4,5)6/h7-10,13-14,17,23H,11-12H2,1-6H3/t14-,17-/m1/s1. The normalized spacial score (nSPS) is 21.0. The van der Waals surface area contributed by atoms with E-state index in [9.17, 15) is 14.7 Å². The van der Waals surface area contributed by atoms with Crippen LogP contribution in [0.2, 0.25) is 0 Å². The largest absolute Gasteiger partial charge is 0.508 e. The molecule has 144 valence electrons. The van der Waals surface area contributed by atoms with Gasteiger partial charge in [0, 0.05) is 25.0 Å². The van der Waals surface area contributed by atoms with Gasteiger partial charge in [0.25, 0.3) is 0 Å². The average molecular weight is 362 g/mol. The number of nitrogens with zero attached hydrogens (tertiary/aromatic N) is 2. The smallest absolute Gasteiger partial charge is 0.410 e. The van der Waals surface area contributed by atoms with Gasteiger partial charge in [-0.25, -0.2) is 4.79 Å². The van der Waals surface area contributed by atoms with Crippen molar-refractivity contribution in [2.75, 3.05) is 13.1 Å². The fourth-order valence-electron chi connectivity index (χ4n) is 3.15. The molecule has 0 radical (unpaired) electrons. The molecule has 1 fully saturated rings. The van der Waals surface area contributed by atoms with Gasteiger partial charge in [0.2, 0.25) is 5.91 Å². The summed E-state index contributed by atoms with van der Waals surface area (Å²) in [7, 11) is 0. The summed E-state index contributed by atoms with van der Waals surface area (Å²) in [5.74, 6) is 0.0776. The second-order valence-electron chi connectivity index (χ2n) is 8.24. The van der Waals surface area contributed by atoms with Crippen molar-refractivity contribution in [3.63, 3.8) is 0 Å². The summed E-state index contributed by atoms with van der Waals surface area (Å²) in [6.07, 6.45) is -0.408. The molecule has 1 N–H and O–H groups in total. The van der Waals surface area contributed by atoms with E-state index in [-0.39, 0.29) is 29.7 Å². The lowest BCUT2D eigenvalue weighted by Gasteiger charge is -2.46. The lowest BCUT2D eigenvalue weighted by atomic mass is 9.98. The summed E-state index contributed by atoms with van der Waals surface area (Å²) in [6, 6.07) is 6.35. The van der Waals surface area contributed by atoms with Crippen LogP contribution in [0.25, 0.3) is 0 Å². The Kier molecular flexibility index (Phi) is 5.84. The summed E-state index contributed by atoms with van der Waals surface area (Å²) in [6.45, 7) is 11.9. The summed E-state index contributed by atoms with van der Waals surface area (Å²) in [5.41, 5.74) is 0.179. The van der Waals surface area contributed by atoms with Crippen LogP contribution in [0, 0.1) is 5.92 Å². The van der Waals surface area contributed by atoms with Gasteiger partial charge >= 0.3 is 6.09 Å². The number of rotatable bonds is 2. The summed E-state index contributed by atoms with van der Waals surface area (Å²) >= 11 is 0. The first-order valence-electron chi connectivity index (χ1n) is 9.08. The second kappa shape index (κ2) is 7.56. The number of aromatic hydroxyl groups is 1. The monoisotopic (exact) mass is 362 g/mol. The summed E-state index contributed by atoms with van der Waals surface area (Å²) < 4.78 is 5.57. The van der Waals surface area contributed by atoms with Crippen LogP contribution in [0.4, 0.5) is 4.79 Å². The summed E-state index contributed by atoms with van der Waals surface area (Å²) in [5, 5.41) is 9.86. The van der Waals surface area contributed by atoms with E-state index in [0.717, 1.165) is 5.56 Å². The van der Waals surface area contributed by atoms with E-state index in [1.54, 1.807) is 23.1 Å². The minimum atomic E-state index is -0.603. The lowest BCUT2D eigenvalue weighted by Crippen LogP contribution is -2.58. The third-order valence-electron chi connectivity index (χ3n) is 4.40. The molecule has 1 saturated heterocycles. The van der Waals surface area contributed by atoms with Crippen molar-refractivity contribution in [3.05, 3.63) is 29.8 Å². The number of benzene rings is 1. The van der Waals surface area contributed by atoms with Crippen LogP contribution < -0.4 is 0 Å². The minimum Gasteiger partial charge on any atom is -0.508 e. The van der Waals surface area contributed by atoms with Gasteiger partial charge in [-0.05, 0) is 45.4 Å². The Morgan fingerprint density at radius 3 is 2.38 bits per heavy atom. The highest BCUT2D eigenvalue weighted by Crippen LogP contribution is 2.31. The zero-order valence-electron chi connectivity index (χ0n) is 16.5. The maximum absolute atomic E-state index is 12.8. The fraction of sp³-hybridized carbons (Fsp3) is 0.600. The van der Waals surface area contributed by atoms with Crippen molar-refractivity contribution in [1.82, 2.24) is 9.80 Å². The predicted octanol–water partition coefficient (Wildman–Crippen LogP) is 3.56. The van der Waals surface area contributed by atoms with Gasteiger partial charge in [0.05, 0.1) is 6.04 Å². The first-order valence-corrected chi connectivity index (χ1v) is 9.08. The Balaban J connectivity index is 2.36. The van der Waals surface area contributed by atoms with E-state index in [4.69, 9.17) is 4.74 Å². The zero-order chi connectivity index (χ0) is 19.6. The Bertz CT molecular complexity index is 666. The number of hydrogen-bond acceptors (Lipinski definition) is 4. The number of amides is 2. The number of phenolic OH excluding ortho intramolecular Hbond substituents is 1. The van der Waals surface area contributed by atoms with Gasteiger partial charge in [0.15, 0.2) is 0 Å². The predicted molar refractivity (Wildman–Crippen MR) is 99.8 cm³/mol. The second-order valence-corrected chi connectivity index (χ2v) is 8.24. The third-order valence-corrected chi connectivity index (χ3v) is 4.40. The van der Waals surface area contributed by atoms with Crippen LogP contribution in [-0.2, 0) is 9.53 Å². The molecule has 0 aliphatic carbocycles. The quantitative estimate of drug-likeness (QED) is 0.873. The van der Waals surface area contributed by atoms with Crippen molar-refractivity contribution in [2.24, 2.45) is 5.92 Å². The lowest BCUT2D eigenvalue weighted by molar-refractivity contribution is -0.140. The van der Waals surface area contributed by atoms with Crippen LogP contribution in [-0.4, -0.2) is 51.6 Å². The molecule has 1 aliphatic heterocycles. The highest BCUT2D eigenvalue weighted by atomic mass is 16.6. The molecule has 0 spiro atoms. The van der Waals surface area contributed by atoms with E-state index in [1.165, 1.54) is 0 Å². The Morgan fingerprint density at radius 2 is 1.85 bits per heavy atom. The van der Waals surface area contributed by atoms with Crippen LogP contribution in [0.15, 0.2) is 24.3 Å². The number of carbonyl (C=O) groups is 2. The third kappa shape index (κ3) is 4.68. The molecule has 1 heterocycles. The van der Waals surface area contributed by atoms with Gasteiger partial charge in [-0.15, -0.1) is 0 Å². The Labute approximate surface area is 155 Å². The number of piperazine rings is 1. The molecule has 1 aromatic carbocycles. The van der Waals surface area contributed by atoms with Gasteiger partial charge in [0.1, 0.15) is 11.4 Å². The van der Waals surface area contributed by atoms with Crippen LogP contribution in [0.1, 0.15) is 53.1 Å².